The molecule has 154 valence electrons. The molecular formula is C25H27N3O2. The van der Waals surface area contributed by atoms with Crippen LogP contribution in [0.5, 0.6) is 0 Å². The molecule has 4 rings (SSSR count). The number of aromatic nitrogens is 1. The number of hydrogen-bond acceptors (Lipinski definition) is 3. The molecule has 1 aliphatic heterocycles. The molecule has 1 saturated heterocycles. The van der Waals surface area contributed by atoms with Gasteiger partial charge in [-0.05, 0) is 55.2 Å². The van der Waals surface area contributed by atoms with Crippen LogP contribution in [0.2, 0.25) is 0 Å². The van der Waals surface area contributed by atoms with E-state index in [0.29, 0.717) is 12.2 Å². The van der Waals surface area contributed by atoms with Crippen molar-refractivity contribution in [2.24, 2.45) is 0 Å². The molecule has 1 aliphatic rings. The Morgan fingerprint density at radius 2 is 1.80 bits per heavy atom. The Hall–Kier alpha value is -3.34. The van der Waals surface area contributed by atoms with Gasteiger partial charge in [0.2, 0.25) is 0 Å². The molecule has 0 atom stereocenters. The molecule has 30 heavy (non-hydrogen) atoms. The molecule has 2 heterocycles. The molecule has 0 aliphatic carbocycles. The van der Waals surface area contributed by atoms with Gasteiger partial charge in [-0.3, -0.25) is 9.59 Å². The number of amides is 1. The van der Waals surface area contributed by atoms with Crippen LogP contribution in [0.25, 0.3) is 11.3 Å². The number of hydrogen-bond donors (Lipinski definition) is 1. The second-order valence-corrected chi connectivity index (χ2v) is 7.97. The molecule has 0 saturated carbocycles. The monoisotopic (exact) mass is 401 g/mol. The first kappa shape index (κ1) is 20.0. The minimum Gasteiger partial charge on any atom is -0.371 e. The maximum atomic E-state index is 13.0. The Balaban J connectivity index is 1.54. The molecule has 0 spiro atoms. The van der Waals surface area contributed by atoms with Crippen molar-refractivity contribution in [1.29, 1.82) is 0 Å². The van der Waals surface area contributed by atoms with Gasteiger partial charge in [0.25, 0.3) is 11.5 Å². The Bertz CT molecular complexity index is 1110. The number of benzene rings is 2. The van der Waals surface area contributed by atoms with Gasteiger partial charge in [-0.1, -0.05) is 42.0 Å². The molecule has 5 heteroatoms. The number of carbonyl (C=O) groups excluding carboxylic acids is 1. The summed E-state index contributed by atoms with van der Waals surface area (Å²) in [4.78, 5) is 32.5. The summed E-state index contributed by atoms with van der Waals surface area (Å²) in [7, 11) is 1.75. The van der Waals surface area contributed by atoms with Crippen LogP contribution in [-0.4, -0.2) is 35.9 Å². The highest BCUT2D eigenvalue weighted by Gasteiger charge is 2.20. The molecule has 3 aromatic rings. The van der Waals surface area contributed by atoms with E-state index in [1.807, 2.05) is 43.3 Å². The molecule has 0 unspecified atom stereocenters. The van der Waals surface area contributed by atoms with Gasteiger partial charge < -0.3 is 14.8 Å². The molecule has 1 N–H and O–H groups in total. The van der Waals surface area contributed by atoms with Crippen LogP contribution >= 0.6 is 0 Å². The topological polar surface area (TPSA) is 56.4 Å². The van der Waals surface area contributed by atoms with Gasteiger partial charge >= 0.3 is 0 Å². The number of rotatable bonds is 5. The largest absolute Gasteiger partial charge is 0.371 e. The molecule has 1 amide bonds. The van der Waals surface area contributed by atoms with Crippen LogP contribution in [0.3, 0.4) is 0 Å². The van der Waals surface area contributed by atoms with E-state index in [1.165, 1.54) is 18.5 Å². The van der Waals surface area contributed by atoms with Gasteiger partial charge in [0.1, 0.15) is 5.56 Å². The summed E-state index contributed by atoms with van der Waals surface area (Å²) in [5, 5.41) is 0. The molecular weight excluding hydrogens is 374 g/mol. The van der Waals surface area contributed by atoms with Crippen molar-refractivity contribution in [3.8, 4) is 11.3 Å². The summed E-state index contributed by atoms with van der Waals surface area (Å²) in [6, 6.07) is 19.5. The van der Waals surface area contributed by atoms with E-state index < -0.39 is 0 Å². The van der Waals surface area contributed by atoms with Crippen LogP contribution in [-0.2, 0) is 6.54 Å². The van der Waals surface area contributed by atoms with E-state index in [0.717, 1.165) is 29.8 Å². The first-order valence-corrected chi connectivity index (χ1v) is 10.4. The van der Waals surface area contributed by atoms with Crippen molar-refractivity contribution in [1.82, 2.24) is 9.88 Å². The number of pyridine rings is 1. The summed E-state index contributed by atoms with van der Waals surface area (Å²) in [6.07, 6.45) is 2.40. The SMILES string of the molecule is Cc1cccc(-c2ccc(C(=O)N(C)Cc3ccccc3N3CCCC3)c(=O)[nH]2)c1. The number of carbonyl (C=O) groups is 1. The molecule has 5 nitrogen and oxygen atoms in total. The second kappa shape index (κ2) is 8.57. The second-order valence-electron chi connectivity index (χ2n) is 7.97. The number of nitrogens with one attached hydrogen (secondary N) is 1. The van der Waals surface area contributed by atoms with Crippen molar-refractivity contribution in [3.05, 3.63) is 87.7 Å². The van der Waals surface area contributed by atoms with Gasteiger partial charge in [0.05, 0.1) is 0 Å². The van der Waals surface area contributed by atoms with Crippen molar-refractivity contribution in [2.75, 3.05) is 25.0 Å². The van der Waals surface area contributed by atoms with E-state index in [9.17, 15) is 9.59 Å². The Kier molecular flexibility index (Phi) is 5.70. The molecule has 0 radical (unpaired) electrons. The Morgan fingerprint density at radius 1 is 1.03 bits per heavy atom. The lowest BCUT2D eigenvalue weighted by molar-refractivity contribution is 0.0783. The highest BCUT2D eigenvalue weighted by Crippen LogP contribution is 2.25. The maximum absolute atomic E-state index is 13.0. The van der Waals surface area contributed by atoms with Gasteiger partial charge in [-0.15, -0.1) is 0 Å². The smallest absolute Gasteiger partial charge is 0.261 e. The number of para-hydroxylation sites is 1. The van der Waals surface area contributed by atoms with Crippen LogP contribution < -0.4 is 10.5 Å². The molecule has 1 fully saturated rings. The van der Waals surface area contributed by atoms with Crippen molar-refractivity contribution in [2.45, 2.75) is 26.3 Å². The molecule has 0 bridgehead atoms. The maximum Gasteiger partial charge on any atom is 0.261 e. The predicted octanol–water partition coefficient (Wildman–Crippen LogP) is 4.22. The van der Waals surface area contributed by atoms with E-state index in [-0.39, 0.29) is 17.0 Å². The molecule has 2 aromatic carbocycles. The fourth-order valence-corrected chi connectivity index (χ4v) is 4.07. The standard InChI is InChI=1S/C25H27N3O2/c1-18-8-7-10-19(16-18)22-13-12-21(24(29)26-22)25(30)27(2)17-20-9-3-4-11-23(20)28-14-5-6-15-28/h3-4,7-13,16H,5-6,14-15,17H2,1-2H3,(H,26,29). The zero-order valence-corrected chi connectivity index (χ0v) is 17.5. The normalized spacial score (nSPS) is 13.5. The zero-order chi connectivity index (χ0) is 21.1. The number of H-pyrrole nitrogens is 1. The van der Waals surface area contributed by atoms with E-state index in [2.05, 4.69) is 22.0 Å². The number of nitrogens with zero attached hydrogens (tertiary/aromatic N) is 2. The van der Waals surface area contributed by atoms with Crippen LogP contribution in [0.15, 0.2) is 65.5 Å². The number of aryl methyl sites for hydroxylation is 1. The molecule has 1 aromatic heterocycles. The highest BCUT2D eigenvalue weighted by molar-refractivity contribution is 5.94. The first-order chi connectivity index (χ1) is 14.5. The number of aromatic amines is 1. The van der Waals surface area contributed by atoms with Crippen LogP contribution in [0, 0.1) is 6.92 Å². The lowest BCUT2D eigenvalue weighted by Gasteiger charge is -2.24. The van der Waals surface area contributed by atoms with Gasteiger partial charge in [-0.25, -0.2) is 0 Å². The van der Waals surface area contributed by atoms with Gasteiger partial charge in [-0.2, -0.15) is 0 Å². The van der Waals surface area contributed by atoms with Gasteiger partial charge in [0.15, 0.2) is 0 Å². The minimum absolute atomic E-state index is 0.160. The Morgan fingerprint density at radius 3 is 2.53 bits per heavy atom. The fourth-order valence-electron chi connectivity index (χ4n) is 4.07. The third kappa shape index (κ3) is 4.15. The summed E-state index contributed by atoms with van der Waals surface area (Å²) < 4.78 is 0. The van der Waals surface area contributed by atoms with Crippen molar-refractivity contribution < 1.29 is 4.79 Å². The van der Waals surface area contributed by atoms with E-state index in [4.69, 9.17) is 0 Å². The number of anilines is 1. The highest BCUT2D eigenvalue weighted by atomic mass is 16.2. The first-order valence-electron chi connectivity index (χ1n) is 10.4. The van der Waals surface area contributed by atoms with Crippen molar-refractivity contribution in [3.63, 3.8) is 0 Å². The van der Waals surface area contributed by atoms with E-state index in [1.54, 1.807) is 24.1 Å². The average Bonchev–Trinajstić information content (AvgIpc) is 3.28. The van der Waals surface area contributed by atoms with Gasteiger partial charge in [0, 0.05) is 38.1 Å². The lowest BCUT2D eigenvalue weighted by Crippen LogP contribution is -2.32. The van der Waals surface area contributed by atoms with Crippen molar-refractivity contribution >= 4 is 11.6 Å². The minimum atomic E-state index is -0.362. The average molecular weight is 402 g/mol. The Labute approximate surface area is 177 Å². The third-order valence-corrected chi connectivity index (χ3v) is 5.66. The predicted molar refractivity (Wildman–Crippen MR) is 121 cm³/mol. The van der Waals surface area contributed by atoms with Crippen LogP contribution in [0.1, 0.15) is 34.3 Å². The summed E-state index contributed by atoms with van der Waals surface area (Å²) in [6.45, 7) is 4.57. The quantitative estimate of drug-likeness (QED) is 0.696. The van der Waals surface area contributed by atoms with E-state index >= 15 is 0 Å². The summed E-state index contributed by atoms with van der Waals surface area (Å²) in [5.41, 5.74) is 4.83. The lowest BCUT2D eigenvalue weighted by atomic mass is 10.1. The zero-order valence-electron chi connectivity index (χ0n) is 17.5. The summed E-state index contributed by atoms with van der Waals surface area (Å²) in [5.74, 6) is -0.275. The summed E-state index contributed by atoms with van der Waals surface area (Å²) >= 11 is 0. The van der Waals surface area contributed by atoms with Crippen LogP contribution in [0.4, 0.5) is 5.69 Å². The third-order valence-electron chi connectivity index (χ3n) is 5.66. The fraction of sp³-hybridized carbons (Fsp3) is 0.280.